The van der Waals surface area contributed by atoms with E-state index in [0.717, 1.165) is 0 Å². The zero-order valence-corrected chi connectivity index (χ0v) is 11.3. The molecule has 6 heteroatoms. The summed E-state index contributed by atoms with van der Waals surface area (Å²) in [6.07, 6.45) is 0. The fourth-order valence-corrected chi connectivity index (χ4v) is 0.678. The van der Waals surface area contributed by atoms with Gasteiger partial charge in [0.05, 0.1) is 0 Å². The molecule has 0 aromatic heterocycles. The minimum absolute atomic E-state index is 0. The van der Waals surface area contributed by atoms with Gasteiger partial charge in [-0.05, 0) is 0 Å². The van der Waals surface area contributed by atoms with E-state index in [4.69, 9.17) is 0 Å². The van der Waals surface area contributed by atoms with Crippen LogP contribution in [-0.2, 0) is 19.4 Å². The van der Waals surface area contributed by atoms with Gasteiger partial charge in [0, 0.05) is 25.3 Å². The third-order valence-corrected chi connectivity index (χ3v) is 1.40. The van der Waals surface area contributed by atoms with Gasteiger partial charge in [-0.2, -0.15) is 0 Å². The first kappa shape index (κ1) is 23.6. The van der Waals surface area contributed by atoms with E-state index in [1.165, 1.54) is 14.2 Å². The maximum Gasteiger partial charge on any atom is 0 e. The molecule has 0 aromatic carbocycles. The molecule has 83 valence electrons. The normalized spacial score (nSPS) is 6.21. The molecular weight excluding hydrogens is 358 g/mol. The second kappa shape index (κ2) is 12.9. The molecular formula is C8H17O4SeSn. The SMILES string of the molecule is C.C.COC(=O)C([SeH])=C=C([O])OC.[HH].[Sn]. The summed E-state index contributed by atoms with van der Waals surface area (Å²) in [5, 5.41) is 10.5. The maximum absolute atomic E-state index is 10.6. The first-order chi connectivity index (χ1) is 5.11. The van der Waals surface area contributed by atoms with Gasteiger partial charge >= 0.3 is 71.7 Å². The van der Waals surface area contributed by atoms with Crippen molar-refractivity contribution in [2.24, 2.45) is 0 Å². The first-order valence-electron chi connectivity index (χ1n) is 2.61. The second-order valence-corrected chi connectivity index (χ2v) is 2.40. The number of hydrogen-bond donors (Lipinski definition) is 0. The van der Waals surface area contributed by atoms with Crippen molar-refractivity contribution in [2.45, 2.75) is 14.9 Å². The second-order valence-electron chi connectivity index (χ2n) is 1.46. The topological polar surface area (TPSA) is 55.4 Å². The molecule has 5 radical (unpaired) electrons. The van der Waals surface area contributed by atoms with Crippen molar-refractivity contribution in [1.82, 2.24) is 0 Å². The fraction of sp³-hybridized carbons (Fsp3) is 0.500. The standard InChI is InChI=1S/C6H7O4Se.2CH4.Sn.H2/c1-9-5(7)3-4(11)6(8)10-2;;;;/h11H,1-2H3;2*1H4;;1H. The van der Waals surface area contributed by atoms with Crippen LogP contribution >= 0.6 is 0 Å². The van der Waals surface area contributed by atoms with E-state index in [1.807, 2.05) is 16.0 Å². The number of ether oxygens (including phenoxy) is 2. The first-order valence-corrected chi connectivity index (χ1v) is 3.54. The van der Waals surface area contributed by atoms with Crippen molar-refractivity contribution in [2.75, 3.05) is 14.2 Å². The number of rotatable bonds is 2. The van der Waals surface area contributed by atoms with Crippen LogP contribution in [-0.4, -0.2) is 60.1 Å². The van der Waals surface area contributed by atoms with Gasteiger partial charge in [0.15, 0.2) is 0 Å². The average Bonchev–Trinajstić information content (AvgIpc) is 2.02. The predicted molar refractivity (Wildman–Crippen MR) is 58.7 cm³/mol. The van der Waals surface area contributed by atoms with E-state index in [9.17, 15) is 9.90 Å². The van der Waals surface area contributed by atoms with Crippen LogP contribution < -0.4 is 0 Å². The van der Waals surface area contributed by atoms with Crippen LogP contribution in [0.3, 0.4) is 0 Å². The summed E-state index contributed by atoms with van der Waals surface area (Å²) in [5.41, 5.74) is 2.13. The van der Waals surface area contributed by atoms with Crippen LogP contribution in [0.2, 0.25) is 0 Å². The maximum atomic E-state index is 10.6. The number of hydrogen-bond acceptors (Lipinski definition) is 3. The molecule has 0 rings (SSSR count). The van der Waals surface area contributed by atoms with Gasteiger partial charge in [-0.15, -0.1) is 0 Å². The van der Waals surface area contributed by atoms with Crippen molar-refractivity contribution in [3.63, 3.8) is 0 Å². The molecule has 0 saturated carbocycles. The molecule has 0 heterocycles. The summed E-state index contributed by atoms with van der Waals surface area (Å²) in [4.78, 5) is 10.6. The van der Waals surface area contributed by atoms with E-state index >= 15 is 0 Å². The van der Waals surface area contributed by atoms with Crippen LogP contribution in [0.4, 0.5) is 0 Å². The molecule has 14 heavy (non-hydrogen) atoms. The van der Waals surface area contributed by atoms with E-state index < -0.39 is 11.9 Å². The van der Waals surface area contributed by atoms with Crippen LogP contribution in [0, 0.1) is 0 Å². The molecule has 0 saturated heterocycles. The van der Waals surface area contributed by atoms with Crippen molar-refractivity contribution >= 4 is 45.9 Å². The molecule has 0 fully saturated rings. The third kappa shape index (κ3) is 9.99. The molecule has 0 bridgehead atoms. The molecule has 0 spiro atoms. The summed E-state index contributed by atoms with van der Waals surface area (Å²) < 4.78 is 8.56. The zero-order valence-electron chi connectivity index (χ0n) is 6.58. The Labute approximate surface area is 112 Å². The summed E-state index contributed by atoms with van der Waals surface area (Å²) in [6, 6.07) is 0. The molecule has 4 nitrogen and oxygen atoms in total. The Morgan fingerprint density at radius 2 is 1.71 bits per heavy atom. The summed E-state index contributed by atoms with van der Waals surface area (Å²) >= 11 is 1.87. The fourth-order valence-electron chi connectivity index (χ4n) is 0.295. The monoisotopic (exact) mass is 377 g/mol. The molecule has 0 atom stereocenters. The van der Waals surface area contributed by atoms with E-state index in [1.54, 1.807) is 0 Å². The molecule has 0 N–H and O–H groups in total. The Bertz CT molecular complexity index is 227. The van der Waals surface area contributed by atoms with Crippen molar-refractivity contribution in [1.29, 1.82) is 0 Å². The van der Waals surface area contributed by atoms with E-state index in [2.05, 4.69) is 15.2 Å². The van der Waals surface area contributed by atoms with Crippen LogP contribution in [0.25, 0.3) is 0 Å². The minimum Gasteiger partial charge on any atom is 0 e. The zero-order chi connectivity index (χ0) is 8.85. The van der Waals surface area contributed by atoms with Crippen molar-refractivity contribution < 1.29 is 20.8 Å². The molecule has 0 amide bonds. The molecule has 0 aliphatic carbocycles. The van der Waals surface area contributed by atoms with Gasteiger partial charge in [-0.25, -0.2) is 0 Å². The quantitative estimate of drug-likeness (QED) is 0.234. The summed E-state index contributed by atoms with van der Waals surface area (Å²) in [5.74, 6) is -1.32. The predicted octanol–water partition coefficient (Wildman–Crippen LogP) is 0.599. The van der Waals surface area contributed by atoms with Crippen LogP contribution in [0.1, 0.15) is 16.3 Å². The van der Waals surface area contributed by atoms with Gasteiger partial charge in [0.2, 0.25) is 0 Å². The van der Waals surface area contributed by atoms with Gasteiger partial charge < -0.3 is 0 Å². The molecule has 0 aliphatic rings. The molecule has 0 unspecified atom stereocenters. The molecule has 0 aliphatic heterocycles. The van der Waals surface area contributed by atoms with Crippen molar-refractivity contribution in [3.8, 4) is 0 Å². The Balaban J connectivity index is -0.0000000833. The molecule has 0 aromatic rings. The summed E-state index contributed by atoms with van der Waals surface area (Å²) in [7, 11) is 2.42. The number of carbonyl (C=O) groups excluding carboxylic acids is 1. The average molecular weight is 375 g/mol. The van der Waals surface area contributed by atoms with Crippen LogP contribution in [0.15, 0.2) is 16.1 Å². The number of carbonyl (C=O) groups is 1. The Kier molecular flexibility index (Phi) is 21.8. The Morgan fingerprint density at radius 3 is 2.00 bits per heavy atom. The van der Waals surface area contributed by atoms with Crippen molar-refractivity contribution in [3.05, 3.63) is 16.1 Å². The largest absolute Gasteiger partial charge is 0 e. The van der Waals surface area contributed by atoms with E-state index in [-0.39, 0.29) is 44.7 Å². The number of methoxy groups -OCH3 is 2. The van der Waals surface area contributed by atoms with Gasteiger partial charge in [0.25, 0.3) is 0 Å². The Morgan fingerprint density at radius 1 is 1.29 bits per heavy atom. The van der Waals surface area contributed by atoms with Gasteiger partial charge in [0.1, 0.15) is 0 Å². The van der Waals surface area contributed by atoms with Crippen LogP contribution in [0.5, 0.6) is 0 Å². The van der Waals surface area contributed by atoms with E-state index in [0.29, 0.717) is 0 Å². The minimum atomic E-state index is -0.703. The number of esters is 1. The van der Waals surface area contributed by atoms with Gasteiger partial charge in [-0.3, -0.25) is 0 Å². The smallest absolute Gasteiger partial charge is 0 e. The third-order valence-electron chi connectivity index (χ3n) is 0.785. The Hall–Kier alpha value is -0.0918. The summed E-state index contributed by atoms with van der Waals surface area (Å²) in [6.45, 7) is 0. The van der Waals surface area contributed by atoms with Gasteiger partial charge in [-0.1, -0.05) is 14.9 Å².